The Morgan fingerprint density at radius 3 is 2.54 bits per heavy atom. The van der Waals surface area contributed by atoms with Crippen molar-refractivity contribution in [2.24, 2.45) is 14.1 Å². The minimum atomic E-state index is -0.475. The van der Waals surface area contributed by atoms with Crippen LogP contribution in [0.25, 0.3) is 11.0 Å². The molecule has 0 fully saturated rings. The first-order valence-electron chi connectivity index (χ1n) is 8.93. The Bertz CT molecular complexity index is 1130. The van der Waals surface area contributed by atoms with Crippen LogP contribution in [-0.2, 0) is 14.1 Å². The Labute approximate surface area is 162 Å². The molecule has 0 spiro atoms. The summed E-state index contributed by atoms with van der Waals surface area (Å²) in [5, 5.41) is 3.10. The van der Waals surface area contributed by atoms with Crippen LogP contribution >= 0.6 is 0 Å². The Morgan fingerprint density at radius 2 is 1.86 bits per heavy atom. The number of aromatic nitrogens is 3. The Hall–Kier alpha value is -3.42. The number of anilines is 1. The van der Waals surface area contributed by atoms with Gasteiger partial charge in [-0.3, -0.25) is 18.7 Å². The molecule has 2 heterocycles. The lowest BCUT2D eigenvalue weighted by molar-refractivity contribution is 0.0951. The van der Waals surface area contributed by atoms with Gasteiger partial charge in [-0.1, -0.05) is 18.2 Å². The summed E-state index contributed by atoms with van der Waals surface area (Å²) in [5.41, 5.74) is 0.651. The summed E-state index contributed by atoms with van der Waals surface area (Å²) in [7, 11) is 4.91. The van der Waals surface area contributed by atoms with Crippen LogP contribution < -0.4 is 21.5 Å². The standard InChI is InChI=1S/C20H23N5O3/c1-13(23(2)15-8-6-5-7-9-15)11-22-18(26)14-10-16-17(21-12-14)24(3)20(28)25(4)19(16)27/h5-10,12-13H,11H2,1-4H3,(H,22,26). The second kappa shape index (κ2) is 7.67. The number of carbonyl (C=O) groups excluding carboxylic acids is 1. The SMILES string of the molecule is CC(CNC(=O)c1cnc2c(c1)c(=O)n(C)c(=O)n2C)N(C)c1ccccc1. The van der Waals surface area contributed by atoms with E-state index in [-0.39, 0.29) is 28.5 Å². The minimum absolute atomic E-state index is 0.0634. The van der Waals surface area contributed by atoms with Gasteiger partial charge in [0, 0.05) is 45.6 Å². The van der Waals surface area contributed by atoms with Gasteiger partial charge in [-0.15, -0.1) is 0 Å². The molecule has 0 radical (unpaired) electrons. The van der Waals surface area contributed by atoms with Gasteiger partial charge >= 0.3 is 5.69 Å². The molecule has 146 valence electrons. The molecule has 2 aromatic heterocycles. The fraction of sp³-hybridized carbons (Fsp3) is 0.300. The minimum Gasteiger partial charge on any atom is -0.370 e. The summed E-state index contributed by atoms with van der Waals surface area (Å²) < 4.78 is 2.29. The molecular formula is C20H23N5O3. The Morgan fingerprint density at radius 1 is 1.18 bits per heavy atom. The monoisotopic (exact) mass is 381 g/mol. The molecular weight excluding hydrogens is 358 g/mol. The van der Waals surface area contributed by atoms with E-state index >= 15 is 0 Å². The molecule has 0 aliphatic carbocycles. The molecule has 0 aliphatic heterocycles. The number of benzene rings is 1. The number of nitrogens with one attached hydrogen (secondary N) is 1. The van der Waals surface area contributed by atoms with Gasteiger partial charge < -0.3 is 10.2 Å². The van der Waals surface area contributed by atoms with Gasteiger partial charge in [0.05, 0.1) is 10.9 Å². The third-order valence-corrected chi connectivity index (χ3v) is 4.94. The zero-order valence-electron chi connectivity index (χ0n) is 16.3. The van der Waals surface area contributed by atoms with E-state index in [0.29, 0.717) is 6.54 Å². The van der Waals surface area contributed by atoms with Crippen LogP contribution in [0.5, 0.6) is 0 Å². The Balaban J connectivity index is 1.79. The first-order valence-corrected chi connectivity index (χ1v) is 8.93. The van der Waals surface area contributed by atoms with Crippen molar-refractivity contribution in [2.45, 2.75) is 13.0 Å². The largest absolute Gasteiger partial charge is 0.370 e. The molecule has 3 rings (SSSR count). The molecule has 28 heavy (non-hydrogen) atoms. The highest BCUT2D eigenvalue weighted by molar-refractivity contribution is 5.96. The van der Waals surface area contributed by atoms with Crippen LogP contribution in [0.2, 0.25) is 0 Å². The smallest absolute Gasteiger partial charge is 0.332 e. The predicted octanol–water partition coefficient (Wildman–Crippen LogP) is 0.887. The number of pyridine rings is 1. The maximum absolute atomic E-state index is 12.6. The van der Waals surface area contributed by atoms with E-state index in [9.17, 15) is 14.4 Å². The average molecular weight is 381 g/mol. The third-order valence-electron chi connectivity index (χ3n) is 4.94. The molecule has 0 saturated carbocycles. The number of hydrogen-bond acceptors (Lipinski definition) is 5. The zero-order valence-corrected chi connectivity index (χ0v) is 16.3. The molecule has 0 saturated heterocycles. The van der Waals surface area contributed by atoms with Crippen molar-refractivity contribution in [1.82, 2.24) is 19.4 Å². The third kappa shape index (κ3) is 3.53. The fourth-order valence-electron chi connectivity index (χ4n) is 2.99. The quantitative estimate of drug-likeness (QED) is 0.709. The maximum Gasteiger partial charge on any atom is 0.332 e. The predicted molar refractivity (Wildman–Crippen MR) is 109 cm³/mol. The van der Waals surface area contributed by atoms with Gasteiger partial charge in [0.15, 0.2) is 0 Å². The highest BCUT2D eigenvalue weighted by Gasteiger charge is 2.15. The highest BCUT2D eigenvalue weighted by atomic mass is 16.2. The van der Waals surface area contributed by atoms with E-state index in [2.05, 4.69) is 15.2 Å². The summed E-state index contributed by atoms with van der Waals surface area (Å²) in [5.74, 6) is -0.321. The number of nitrogens with zero attached hydrogens (tertiary/aromatic N) is 4. The number of carbonyl (C=O) groups is 1. The van der Waals surface area contributed by atoms with Crippen molar-refractivity contribution < 1.29 is 4.79 Å². The lowest BCUT2D eigenvalue weighted by Crippen LogP contribution is -2.40. The van der Waals surface area contributed by atoms with Gasteiger partial charge in [0.25, 0.3) is 11.5 Å². The summed E-state index contributed by atoms with van der Waals surface area (Å²) in [4.78, 5) is 43.1. The Kier molecular flexibility index (Phi) is 5.30. The first-order chi connectivity index (χ1) is 13.3. The van der Waals surface area contributed by atoms with Crippen LogP contribution in [-0.4, -0.2) is 39.7 Å². The summed E-state index contributed by atoms with van der Waals surface area (Å²) in [6, 6.07) is 11.4. The van der Waals surface area contributed by atoms with Crippen molar-refractivity contribution in [2.75, 3.05) is 18.5 Å². The number of likely N-dealkylation sites (N-methyl/N-ethyl adjacent to an activating group) is 1. The number of aryl methyl sites for hydroxylation is 1. The number of amides is 1. The number of hydrogen-bond donors (Lipinski definition) is 1. The van der Waals surface area contributed by atoms with E-state index in [4.69, 9.17) is 0 Å². The molecule has 1 atom stereocenters. The van der Waals surface area contributed by atoms with Crippen LogP contribution in [0.3, 0.4) is 0 Å². The topological polar surface area (TPSA) is 89.2 Å². The number of rotatable bonds is 5. The average Bonchev–Trinajstić information content (AvgIpc) is 2.73. The van der Waals surface area contributed by atoms with Crippen molar-refractivity contribution >= 4 is 22.6 Å². The van der Waals surface area contributed by atoms with E-state index < -0.39 is 11.2 Å². The zero-order chi connectivity index (χ0) is 20.4. The van der Waals surface area contributed by atoms with Gasteiger partial charge in [-0.05, 0) is 25.1 Å². The molecule has 3 aromatic rings. The van der Waals surface area contributed by atoms with Crippen molar-refractivity contribution in [3.8, 4) is 0 Å². The van der Waals surface area contributed by atoms with Crippen LogP contribution in [0.1, 0.15) is 17.3 Å². The second-order valence-corrected chi connectivity index (χ2v) is 6.81. The molecule has 1 amide bonds. The lowest BCUT2D eigenvalue weighted by Gasteiger charge is -2.27. The van der Waals surface area contributed by atoms with E-state index in [1.807, 2.05) is 44.3 Å². The van der Waals surface area contributed by atoms with E-state index in [1.165, 1.54) is 30.9 Å². The van der Waals surface area contributed by atoms with Crippen LogP contribution in [0.4, 0.5) is 5.69 Å². The normalized spacial score (nSPS) is 12.0. The summed E-state index contributed by atoms with van der Waals surface area (Å²) in [6.45, 7) is 2.44. The molecule has 1 unspecified atom stereocenters. The lowest BCUT2D eigenvalue weighted by atomic mass is 10.2. The molecule has 0 aliphatic rings. The van der Waals surface area contributed by atoms with Gasteiger partial charge in [0.2, 0.25) is 0 Å². The molecule has 0 bridgehead atoms. The van der Waals surface area contributed by atoms with E-state index in [1.54, 1.807) is 0 Å². The van der Waals surface area contributed by atoms with E-state index in [0.717, 1.165) is 10.3 Å². The van der Waals surface area contributed by atoms with Crippen LogP contribution in [0.15, 0.2) is 52.2 Å². The van der Waals surface area contributed by atoms with Gasteiger partial charge in [-0.2, -0.15) is 0 Å². The summed E-state index contributed by atoms with van der Waals surface area (Å²) >= 11 is 0. The van der Waals surface area contributed by atoms with Gasteiger partial charge in [-0.25, -0.2) is 9.78 Å². The van der Waals surface area contributed by atoms with Crippen molar-refractivity contribution in [3.63, 3.8) is 0 Å². The van der Waals surface area contributed by atoms with Crippen molar-refractivity contribution in [1.29, 1.82) is 0 Å². The van der Waals surface area contributed by atoms with Crippen molar-refractivity contribution in [3.05, 3.63) is 69.0 Å². The highest BCUT2D eigenvalue weighted by Crippen LogP contribution is 2.14. The second-order valence-electron chi connectivity index (χ2n) is 6.81. The first kappa shape index (κ1) is 19.3. The number of para-hydroxylation sites is 1. The molecule has 8 heteroatoms. The maximum atomic E-state index is 12.6. The van der Waals surface area contributed by atoms with Crippen LogP contribution in [0, 0.1) is 0 Å². The number of fused-ring (bicyclic) bond motifs is 1. The molecule has 8 nitrogen and oxygen atoms in total. The fourth-order valence-corrected chi connectivity index (χ4v) is 2.99. The molecule has 1 aromatic carbocycles. The summed E-state index contributed by atoms with van der Waals surface area (Å²) in [6.07, 6.45) is 1.38. The molecule has 1 N–H and O–H groups in total. The van der Waals surface area contributed by atoms with Gasteiger partial charge in [0.1, 0.15) is 5.65 Å².